The number of esters is 1. The molecule has 0 aromatic rings. The van der Waals surface area contributed by atoms with Crippen molar-refractivity contribution in [3.05, 3.63) is 0 Å². The van der Waals surface area contributed by atoms with E-state index in [0.717, 1.165) is 39.0 Å². The predicted molar refractivity (Wildman–Crippen MR) is 119 cm³/mol. The van der Waals surface area contributed by atoms with Gasteiger partial charge in [-0.2, -0.15) is 0 Å². The summed E-state index contributed by atoms with van der Waals surface area (Å²) in [7, 11) is 0. The van der Waals surface area contributed by atoms with Crippen LogP contribution in [0.3, 0.4) is 0 Å². The number of ether oxygens (including phenoxy) is 1. The fourth-order valence-electron chi connectivity index (χ4n) is 3.91. The second kappa shape index (κ2) is 12.0. The molecule has 1 heterocycles. The molecule has 0 spiro atoms. The number of hydrogen-bond donors (Lipinski definition) is 2. The Bertz CT molecular complexity index is 542. The van der Waals surface area contributed by atoms with Crippen molar-refractivity contribution in [1.82, 2.24) is 14.7 Å². The summed E-state index contributed by atoms with van der Waals surface area (Å²) < 4.78 is 5.50. The van der Waals surface area contributed by atoms with E-state index in [1.807, 2.05) is 41.5 Å². The molecule has 176 valence electrons. The van der Waals surface area contributed by atoms with Gasteiger partial charge in [-0.05, 0) is 52.1 Å². The van der Waals surface area contributed by atoms with Crippen molar-refractivity contribution in [3.8, 4) is 0 Å². The van der Waals surface area contributed by atoms with E-state index in [9.17, 15) is 14.7 Å². The van der Waals surface area contributed by atoms with Gasteiger partial charge in [-0.25, -0.2) is 0 Å². The van der Waals surface area contributed by atoms with Crippen LogP contribution < -0.4 is 5.73 Å². The second-order valence-corrected chi connectivity index (χ2v) is 10.3. The number of aliphatic carboxylic acids is 1. The molecule has 0 aliphatic carbocycles. The maximum absolute atomic E-state index is 12.4. The molecule has 8 heteroatoms. The molecule has 0 aromatic heterocycles. The minimum Gasteiger partial charge on any atom is -0.480 e. The lowest BCUT2D eigenvalue weighted by Gasteiger charge is -2.38. The van der Waals surface area contributed by atoms with Gasteiger partial charge < -0.3 is 20.5 Å². The second-order valence-electron chi connectivity index (χ2n) is 10.3. The van der Waals surface area contributed by atoms with Crippen molar-refractivity contribution in [2.24, 2.45) is 11.1 Å². The molecular weight excluding hydrogens is 384 g/mol. The van der Waals surface area contributed by atoms with E-state index in [1.54, 1.807) is 0 Å². The van der Waals surface area contributed by atoms with E-state index in [2.05, 4.69) is 14.7 Å². The fourth-order valence-corrected chi connectivity index (χ4v) is 3.91. The van der Waals surface area contributed by atoms with Crippen molar-refractivity contribution in [1.29, 1.82) is 0 Å². The van der Waals surface area contributed by atoms with Gasteiger partial charge in [0.05, 0.1) is 6.54 Å². The molecular formula is C22H44N4O4. The molecule has 0 radical (unpaired) electrons. The summed E-state index contributed by atoms with van der Waals surface area (Å²) in [6.07, 6.45) is 1.99. The minimum absolute atomic E-state index is 0.217. The van der Waals surface area contributed by atoms with E-state index >= 15 is 0 Å². The average molecular weight is 429 g/mol. The molecule has 1 aliphatic heterocycles. The number of carboxylic acid groups (broad SMARTS) is 1. The highest BCUT2D eigenvalue weighted by Crippen LogP contribution is 2.25. The minimum atomic E-state index is -0.796. The molecule has 1 rings (SSSR count). The van der Waals surface area contributed by atoms with Gasteiger partial charge in [0.25, 0.3) is 0 Å². The number of rotatable bonds is 8. The van der Waals surface area contributed by atoms with Crippen LogP contribution in [0.15, 0.2) is 0 Å². The van der Waals surface area contributed by atoms with Crippen LogP contribution in [-0.4, -0.2) is 102 Å². The summed E-state index contributed by atoms with van der Waals surface area (Å²) in [4.78, 5) is 31.0. The molecule has 8 nitrogen and oxygen atoms in total. The first-order valence-corrected chi connectivity index (χ1v) is 11.2. The smallest absolute Gasteiger partial charge is 0.321 e. The van der Waals surface area contributed by atoms with Gasteiger partial charge in [0.15, 0.2) is 0 Å². The van der Waals surface area contributed by atoms with Crippen LogP contribution in [0.1, 0.15) is 54.4 Å². The lowest BCUT2D eigenvalue weighted by Crippen LogP contribution is -2.52. The monoisotopic (exact) mass is 428 g/mol. The highest BCUT2D eigenvalue weighted by atomic mass is 16.6. The first-order valence-electron chi connectivity index (χ1n) is 11.2. The molecule has 0 amide bonds. The number of hydrogen-bond acceptors (Lipinski definition) is 7. The molecule has 0 bridgehead atoms. The maximum Gasteiger partial charge on any atom is 0.321 e. The van der Waals surface area contributed by atoms with Gasteiger partial charge in [-0.15, -0.1) is 0 Å². The predicted octanol–water partition coefficient (Wildman–Crippen LogP) is 1.49. The lowest BCUT2D eigenvalue weighted by atomic mass is 9.85. The van der Waals surface area contributed by atoms with Gasteiger partial charge in [0, 0.05) is 39.3 Å². The van der Waals surface area contributed by atoms with E-state index in [4.69, 9.17) is 10.5 Å². The highest BCUT2D eigenvalue weighted by Gasteiger charge is 2.37. The Balaban J connectivity index is 2.94. The topological polar surface area (TPSA) is 99.3 Å². The zero-order valence-electron chi connectivity index (χ0n) is 19.9. The first kappa shape index (κ1) is 26.8. The van der Waals surface area contributed by atoms with Gasteiger partial charge in [0.2, 0.25) is 0 Å². The Kier molecular flexibility index (Phi) is 10.7. The summed E-state index contributed by atoms with van der Waals surface area (Å²) >= 11 is 0. The van der Waals surface area contributed by atoms with Crippen molar-refractivity contribution in [2.45, 2.75) is 66.0 Å². The standard InChI is InChI=1S/C22H44N4O4/c1-21(2,3)19(20(28)29)26-15-13-24(10-8-7-9-23)11-12-25(14-16-26)17-18(27)30-22(4,5)6/h19H,7-17,23H2,1-6H3,(H,28,29). The summed E-state index contributed by atoms with van der Waals surface area (Å²) in [5.41, 5.74) is 4.74. The third-order valence-corrected chi connectivity index (χ3v) is 5.26. The third kappa shape index (κ3) is 10.2. The molecule has 0 saturated carbocycles. The number of carboxylic acids is 1. The summed E-state index contributed by atoms with van der Waals surface area (Å²) in [5, 5.41) is 9.91. The first-order chi connectivity index (χ1) is 13.8. The molecule has 1 unspecified atom stereocenters. The number of nitrogens with zero attached hydrogens (tertiary/aromatic N) is 3. The van der Waals surface area contributed by atoms with E-state index in [-0.39, 0.29) is 17.9 Å². The molecule has 1 saturated heterocycles. The molecule has 3 N–H and O–H groups in total. The fraction of sp³-hybridized carbons (Fsp3) is 0.909. The average Bonchev–Trinajstić information content (AvgIpc) is 2.65. The Morgan fingerprint density at radius 1 is 0.933 bits per heavy atom. The Morgan fingerprint density at radius 2 is 1.47 bits per heavy atom. The summed E-state index contributed by atoms with van der Waals surface area (Å²) in [6.45, 7) is 17.7. The maximum atomic E-state index is 12.4. The van der Waals surface area contributed by atoms with Crippen LogP contribution in [0, 0.1) is 5.41 Å². The third-order valence-electron chi connectivity index (χ3n) is 5.26. The molecule has 30 heavy (non-hydrogen) atoms. The van der Waals surface area contributed by atoms with Crippen molar-refractivity contribution >= 4 is 11.9 Å². The van der Waals surface area contributed by atoms with Crippen LogP contribution in [0.25, 0.3) is 0 Å². The zero-order valence-corrected chi connectivity index (χ0v) is 19.9. The van der Waals surface area contributed by atoms with Crippen molar-refractivity contribution in [2.75, 3.05) is 58.9 Å². The largest absolute Gasteiger partial charge is 0.480 e. The van der Waals surface area contributed by atoms with Gasteiger partial charge in [0.1, 0.15) is 11.6 Å². The SMILES string of the molecule is CC(C)(C)OC(=O)CN1CCN(CCCCN)CCN(C(C(=O)O)C(C)(C)C)CC1. The van der Waals surface area contributed by atoms with E-state index in [1.165, 1.54) is 0 Å². The highest BCUT2D eigenvalue weighted by molar-refractivity contribution is 5.74. The Labute approximate surface area is 182 Å². The van der Waals surface area contributed by atoms with Crippen LogP contribution in [-0.2, 0) is 14.3 Å². The van der Waals surface area contributed by atoms with Crippen molar-refractivity contribution < 1.29 is 19.4 Å². The number of nitrogens with two attached hydrogens (primary N) is 1. The molecule has 1 aliphatic rings. The molecule has 0 aromatic carbocycles. The quantitative estimate of drug-likeness (QED) is 0.443. The summed E-state index contributed by atoms with van der Waals surface area (Å²) in [6, 6.07) is -0.579. The Morgan fingerprint density at radius 3 is 1.97 bits per heavy atom. The van der Waals surface area contributed by atoms with E-state index in [0.29, 0.717) is 26.2 Å². The Hall–Kier alpha value is -1.22. The van der Waals surface area contributed by atoms with Gasteiger partial charge in [-0.1, -0.05) is 20.8 Å². The molecule has 1 atom stereocenters. The lowest BCUT2D eigenvalue weighted by molar-refractivity contribution is -0.156. The van der Waals surface area contributed by atoms with Crippen LogP contribution in [0.5, 0.6) is 0 Å². The number of carbonyl (C=O) groups is 2. The van der Waals surface area contributed by atoms with Crippen LogP contribution in [0.2, 0.25) is 0 Å². The summed E-state index contributed by atoms with van der Waals surface area (Å²) in [5.74, 6) is -1.04. The van der Waals surface area contributed by atoms with Gasteiger partial charge >= 0.3 is 11.9 Å². The number of carbonyl (C=O) groups excluding carboxylic acids is 1. The van der Waals surface area contributed by atoms with E-state index < -0.39 is 17.6 Å². The zero-order chi connectivity index (χ0) is 22.9. The normalized spacial score (nSPS) is 19.6. The van der Waals surface area contributed by atoms with Crippen molar-refractivity contribution in [3.63, 3.8) is 0 Å². The number of unbranched alkanes of at least 4 members (excludes halogenated alkanes) is 1. The van der Waals surface area contributed by atoms with Gasteiger partial charge in [-0.3, -0.25) is 19.4 Å². The molecule has 1 fully saturated rings. The van der Waals surface area contributed by atoms with Crippen LogP contribution >= 0.6 is 0 Å². The van der Waals surface area contributed by atoms with Crippen LogP contribution in [0.4, 0.5) is 0 Å².